The number of carbonyl (C=O) groups excluding carboxylic acids is 1. The molecule has 1 amide bonds. The van der Waals surface area contributed by atoms with Gasteiger partial charge in [0.05, 0.1) is 18.9 Å². The second-order valence-electron chi connectivity index (χ2n) is 7.38. The Morgan fingerprint density at radius 1 is 1.19 bits per heavy atom. The van der Waals surface area contributed by atoms with Crippen LogP contribution in [0.2, 0.25) is 0 Å². The van der Waals surface area contributed by atoms with E-state index in [4.69, 9.17) is 4.74 Å². The number of aromatic nitrogens is 2. The first-order valence-electron chi connectivity index (χ1n) is 9.36. The van der Waals surface area contributed by atoms with Gasteiger partial charge >= 0.3 is 0 Å². The van der Waals surface area contributed by atoms with E-state index in [2.05, 4.69) is 53.4 Å². The van der Waals surface area contributed by atoms with E-state index in [0.717, 1.165) is 43.4 Å². The summed E-state index contributed by atoms with van der Waals surface area (Å²) in [4.78, 5) is 14.7. The fourth-order valence-corrected chi connectivity index (χ4v) is 3.97. The number of hydrogen-bond acceptors (Lipinski definition) is 4. The summed E-state index contributed by atoms with van der Waals surface area (Å²) in [6.45, 7) is 9.61. The minimum atomic E-state index is 0.0570. The molecule has 3 heterocycles. The Morgan fingerprint density at radius 3 is 2.54 bits per heavy atom. The molecule has 1 N–H and O–H groups in total. The van der Waals surface area contributed by atoms with E-state index < -0.39 is 0 Å². The third-order valence-corrected chi connectivity index (χ3v) is 5.29. The summed E-state index contributed by atoms with van der Waals surface area (Å²) in [5.74, 6) is 0.975. The Balaban J connectivity index is 1.67. The molecule has 1 fully saturated rings. The smallest absolute Gasteiger partial charge is 0.226 e. The summed E-state index contributed by atoms with van der Waals surface area (Å²) in [5.41, 5.74) is 4.53. The van der Waals surface area contributed by atoms with Gasteiger partial charge in [0.1, 0.15) is 5.82 Å². The normalized spacial score (nSPS) is 20.2. The summed E-state index contributed by atoms with van der Waals surface area (Å²) >= 11 is 0. The maximum atomic E-state index is 12.3. The number of morpholine rings is 1. The maximum absolute atomic E-state index is 12.3. The molecule has 0 bridgehead atoms. The number of hydrogen-bond donors (Lipinski definition) is 1. The van der Waals surface area contributed by atoms with Gasteiger partial charge in [-0.1, -0.05) is 12.1 Å². The number of benzene rings is 1. The van der Waals surface area contributed by atoms with Crippen LogP contribution in [0.25, 0.3) is 0 Å². The van der Waals surface area contributed by atoms with Crippen LogP contribution in [0.5, 0.6) is 0 Å². The van der Waals surface area contributed by atoms with Crippen LogP contribution in [0.4, 0.5) is 11.5 Å². The van der Waals surface area contributed by atoms with Gasteiger partial charge in [-0.2, -0.15) is 5.10 Å². The quantitative estimate of drug-likeness (QED) is 0.920. The van der Waals surface area contributed by atoms with Crippen LogP contribution in [-0.2, 0) is 9.53 Å². The molecule has 0 aliphatic carbocycles. The third-order valence-electron chi connectivity index (χ3n) is 5.29. The Hall–Kier alpha value is -2.34. The zero-order chi connectivity index (χ0) is 18.3. The van der Waals surface area contributed by atoms with Gasteiger partial charge in [0.25, 0.3) is 0 Å². The number of anilines is 2. The third kappa shape index (κ3) is 2.98. The number of fused-ring (bicyclic) bond motifs is 1. The average Bonchev–Trinajstić information content (AvgIpc) is 2.99. The summed E-state index contributed by atoms with van der Waals surface area (Å²) in [7, 11) is 0. The highest BCUT2D eigenvalue weighted by Gasteiger charge is 2.32. The SMILES string of the molecule is Cc1nn(C(C)C)c2c1C(c1ccc(N3CCOCC3)cc1)CC(=O)N2. The number of nitrogens with one attached hydrogen (secondary N) is 1. The molecule has 2 aliphatic heterocycles. The standard InChI is InChI=1S/C20H26N4O2/c1-13(2)24-20-19(14(3)22-24)17(12-18(25)21-20)15-4-6-16(7-5-15)23-8-10-26-11-9-23/h4-7,13,17H,8-12H2,1-3H3,(H,21,25). The van der Waals surface area contributed by atoms with E-state index in [1.165, 1.54) is 11.3 Å². The summed E-state index contributed by atoms with van der Waals surface area (Å²) in [5, 5.41) is 7.71. The molecule has 138 valence electrons. The Kier molecular flexibility index (Phi) is 4.44. The molecule has 4 rings (SSSR count). The number of ether oxygens (including phenoxy) is 1. The topological polar surface area (TPSA) is 59.4 Å². The first-order chi connectivity index (χ1) is 12.5. The van der Waals surface area contributed by atoms with Crippen molar-refractivity contribution in [3.63, 3.8) is 0 Å². The first kappa shape index (κ1) is 17.1. The predicted octanol–water partition coefficient (Wildman–Crippen LogP) is 3.08. The number of amides is 1. The lowest BCUT2D eigenvalue weighted by atomic mass is 9.85. The lowest BCUT2D eigenvalue weighted by molar-refractivity contribution is -0.116. The Labute approximate surface area is 154 Å². The highest BCUT2D eigenvalue weighted by atomic mass is 16.5. The van der Waals surface area contributed by atoms with Crippen molar-refractivity contribution in [2.45, 2.75) is 39.2 Å². The second kappa shape index (κ2) is 6.76. The molecule has 0 radical (unpaired) electrons. The van der Waals surface area contributed by atoms with Crippen LogP contribution in [0, 0.1) is 6.92 Å². The van der Waals surface area contributed by atoms with Gasteiger partial charge in [-0.3, -0.25) is 4.79 Å². The minimum Gasteiger partial charge on any atom is -0.378 e. The second-order valence-corrected chi connectivity index (χ2v) is 7.38. The maximum Gasteiger partial charge on any atom is 0.226 e. The van der Waals surface area contributed by atoms with E-state index >= 15 is 0 Å². The van der Waals surface area contributed by atoms with Crippen molar-refractivity contribution in [3.8, 4) is 0 Å². The minimum absolute atomic E-state index is 0.0570. The van der Waals surface area contributed by atoms with Crippen molar-refractivity contribution >= 4 is 17.4 Å². The van der Waals surface area contributed by atoms with Crippen molar-refractivity contribution in [1.29, 1.82) is 0 Å². The highest BCUT2D eigenvalue weighted by Crippen LogP contribution is 2.40. The number of aryl methyl sites for hydroxylation is 1. The van der Waals surface area contributed by atoms with E-state index in [1.807, 2.05) is 11.6 Å². The number of nitrogens with zero attached hydrogens (tertiary/aromatic N) is 3. The molecule has 6 heteroatoms. The highest BCUT2D eigenvalue weighted by molar-refractivity contribution is 5.94. The van der Waals surface area contributed by atoms with E-state index in [0.29, 0.717) is 6.42 Å². The molecule has 0 saturated carbocycles. The van der Waals surface area contributed by atoms with Crippen molar-refractivity contribution in [1.82, 2.24) is 9.78 Å². The Morgan fingerprint density at radius 2 is 1.88 bits per heavy atom. The van der Waals surface area contributed by atoms with Gasteiger partial charge in [-0.15, -0.1) is 0 Å². The molecule has 2 aromatic rings. The van der Waals surface area contributed by atoms with Crippen LogP contribution in [-0.4, -0.2) is 42.0 Å². The van der Waals surface area contributed by atoms with E-state index in [1.54, 1.807) is 0 Å². The lowest BCUT2D eigenvalue weighted by Crippen LogP contribution is -2.36. The fourth-order valence-electron chi connectivity index (χ4n) is 3.97. The molecule has 2 aliphatic rings. The predicted molar refractivity (Wildman–Crippen MR) is 102 cm³/mol. The molecule has 6 nitrogen and oxygen atoms in total. The van der Waals surface area contributed by atoms with Gasteiger partial charge < -0.3 is 15.0 Å². The van der Waals surface area contributed by atoms with Crippen LogP contribution < -0.4 is 10.2 Å². The van der Waals surface area contributed by atoms with Crippen LogP contribution in [0.1, 0.15) is 49.0 Å². The molecular formula is C20H26N4O2. The van der Waals surface area contributed by atoms with Gasteiger partial charge in [-0.25, -0.2) is 4.68 Å². The molecule has 1 atom stereocenters. The van der Waals surface area contributed by atoms with Gasteiger partial charge in [0, 0.05) is 42.7 Å². The van der Waals surface area contributed by atoms with Gasteiger partial charge in [0.2, 0.25) is 5.91 Å². The molecule has 1 saturated heterocycles. The van der Waals surface area contributed by atoms with Crippen LogP contribution in [0.15, 0.2) is 24.3 Å². The number of rotatable bonds is 3. The lowest BCUT2D eigenvalue weighted by Gasteiger charge is -2.29. The van der Waals surface area contributed by atoms with Crippen LogP contribution >= 0.6 is 0 Å². The van der Waals surface area contributed by atoms with Crippen molar-refractivity contribution < 1.29 is 9.53 Å². The van der Waals surface area contributed by atoms with Crippen LogP contribution in [0.3, 0.4) is 0 Å². The Bertz CT molecular complexity index is 804. The molecule has 26 heavy (non-hydrogen) atoms. The zero-order valence-electron chi connectivity index (χ0n) is 15.7. The fraction of sp³-hybridized carbons (Fsp3) is 0.500. The molecular weight excluding hydrogens is 328 g/mol. The van der Waals surface area contributed by atoms with Gasteiger partial charge in [-0.05, 0) is 38.5 Å². The largest absolute Gasteiger partial charge is 0.378 e. The monoisotopic (exact) mass is 354 g/mol. The van der Waals surface area contributed by atoms with E-state index in [-0.39, 0.29) is 17.9 Å². The molecule has 1 unspecified atom stereocenters. The van der Waals surface area contributed by atoms with Gasteiger partial charge in [0.15, 0.2) is 0 Å². The summed E-state index contributed by atoms with van der Waals surface area (Å²) in [6.07, 6.45) is 0.467. The molecule has 0 spiro atoms. The zero-order valence-corrected chi connectivity index (χ0v) is 15.7. The number of carbonyl (C=O) groups is 1. The average molecular weight is 354 g/mol. The molecule has 1 aromatic carbocycles. The van der Waals surface area contributed by atoms with E-state index in [9.17, 15) is 4.79 Å². The summed E-state index contributed by atoms with van der Waals surface area (Å²) < 4.78 is 7.36. The van der Waals surface area contributed by atoms with Crippen molar-refractivity contribution in [2.75, 3.05) is 36.5 Å². The van der Waals surface area contributed by atoms with Crippen molar-refractivity contribution in [3.05, 3.63) is 41.1 Å². The van der Waals surface area contributed by atoms with Crippen molar-refractivity contribution in [2.24, 2.45) is 0 Å². The first-order valence-corrected chi connectivity index (χ1v) is 9.36. The summed E-state index contributed by atoms with van der Waals surface area (Å²) in [6, 6.07) is 8.85. The molecule has 1 aromatic heterocycles.